The maximum Gasteiger partial charge on any atom is 0.416 e. The van der Waals surface area contributed by atoms with Crippen LogP contribution in [0.5, 0.6) is 0 Å². The first-order chi connectivity index (χ1) is 9.77. The van der Waals surface area contributed by atoms with Gasteiger partial charge in [-0.3, -0.25) is 4.79 Å². The third-order valence-electron chi connectivity index (χ3n) is 2.27. The van der Waals surface area contributed by atoms with Crippen molar-refractivity contribution >= 4 is 17.3 Å². The first-order valence-corrected chi connectivity index (χ1v) is 5.53. The summed E-state index contributed by atoms with van der Waals surface area (Å²) in [5, 5.41) is 21.9. The van der Waals surface area contributed by atoms with Crippen LogP contribution in [0.3, 0.4) is 0 Å². The van der Waals surface area contributed by atoms with E-state index in [1.807, 2.05) is 0 Å². The first kappa shape index (κ1) is 16.1. The number of anilines is 2. The Morgan fingerprint density at radius 3 is 2.33 bits per heavy atom. The topological polar surface area (TPSA) is 88.7 Å². The highest BCUT2D eigenvalue weighted by Crippen LogP contribution is 2.34. The third-order valence-corrected chi connectivity index (χ3v) is 2.27. The molecule has 0 radical (unpaired) electrons. The minimum Gasteiger partial charge on any atom is -0.358 e. The Morgan fingerprint density at radius 1 is 1.24 bits per heavy atom. The minimum absolute atomic E-state index is 0.0805. The quantitative estimate of drug-likeness (QED) is 0.839. The van der Waals surface area contributed by atoms with Crippen LogP contribution in [0.4, 0.5) is 24.5 Å². The fraction of sp³-hybridized carbons (Fsp3) is 0.154. The largest absolute Gasteiger partial charge is 0.416 e. The number of hydrogen-bond acceptors (Lipinski definition) is 4. The predicted molar refractivity (Wildman–Crippen MR) is 68.7 cm³/mol. The smallest absolute Gasteiger partial charge is 0.358 e. The highest BCUT2D eigenvalue weighted by atomic mass is 19.4. The molecular weight excluding hydrogens is 285 g/mol. The molecule has 108 valence electrons. The van der Waals surface area contributed by atoms with E-state index in [1.54, 1.807) is 12.1 Å². The van der Waals surface area contributed by atoms with Gasteiger partial charge in [-0.1, -0.05) is 0 Å². The van der Waals surface area contributed by atoms with E-state index in [1.165, 1.54) is 6.92 Å². The molecule has 0 fully saturated rings. The molecule has 0 aromatic heterocycles. The van der Waals surface area contributed by atoms with Crippen molar-refractivity contribution < 1.29 is 18.0 Å². The van der Waals surface area contributed by atoms with Gasteiger partial charge in [0.05, 0.1) is 16.9 Å². The molecule has 0 heterocycles. The minimum atomic E-state index is -4.55. The average Bonchev–Trinajstić information content (AvgIpc) is 2.39. The Labute approximate surface area is 118 Å². The number of benzene rings is 1. The zero-order valence-corrected chi connectivity index (χ0v) is 10.7. The number of nitriles is 2. The summed E-state index contributed by atoms with van der Waals surface area (Å²) in [5.74, 6) is -0.470. The molecule has 0 aliphatic carbocycles. The third kappa shape index (κ3) is 4.55. The highest BCUT2D eigenvalue weighted by Gasteiger charge is 2.31. The summed E-state index contributed by atoms with van der Waals surface area (Å²) >= 11 is 0. The normalized spacial score (nSPS) is 10.0. The van der Waals surface area contributed by atoms with Gasteiger partial charge >= 0.3 is 6.18 Å². The van der Waals surface area contributed by atoms with E-state index in [9.17, 15) is 18.0 Å². The molecule has 1 aromatic rings. The van der Waals surface area contributed by atoms with Crippen LogP contribution in [0, 0.1) is 22.7 Å². The fourth-order valence-corrected chi connectivity index (χ4v) is 1.38. The van der Waals surface area contributed by atoms with Crippen LogP contribution in [0.15, 0.2) is 30.0 Å². The second-order valence-corrected chi connectivity index (χ2v) is 3.87. The number of carbonyl (C=O) groups excluding carboxylic acids is 1. The molecule has 1 amide bonds. The number of nitrogens with zero attached hydrogens (tertiary/aromatic N) is 2. The van der Waals surface area contributed by atoms with E-state index in [0.29, 0.717) is 0 Å². The monoisotopic (exact) mass is 294 g/mol. The molecule has 0 spiro atoms. The highest BCUT2D eigenvalue weighted by molar-refractivity contribution is 5.92. The SMILES string of the molecule is CC(=O)Nc1ccc(C(F)(F)F)cc1NC=C(C#N)C#N. The Hall–Kier alpha value is -3.00. The molecule has 21 heavy (non-hydrogen) atoms. The first-order valence-electron chi connectivity index (χ1n) is 5.53. The van der Waals surface area contributed by atoms with Gasteiger partial charge in [-0.05, 0) is 18.2 Å². The molecule has 0 bridgehead atoms. The van der Waals surface area contributed by atoms with Crippen LogP contribution >= 0.6 is 0 Å². The van der Waals surface area contributed by atoms with Gasteiger partial charge < -0.3 is 10.6 Å². The standard InChI is InChI=1S/C13H9F3N4O/c1-8(21)20-11-3-2-10(13(14,15)16)4-12(11)19-7-9(5-17)6-18/h2-4,7,19H,1H3,(H,20,21). The van der Waals surface area contributed by atoms with Crippen molar-refractivity contribution in [3.63, 3.8) is 0 Å². The molecular formula is C13H9F3N4O. The zero-order chi connectivity index (χ0) is 16.0. The van der Waals surface area contributed by atoms with Gasteiger partial charge in [0.15, 0.2) is 0 Å². The number of hydrogen-bond donors (Lipinski definition) is 2. The van der Waals surface area contributed by atoms with Crippen LogP contribution in [-0.2, 0) is 11.0 Å². The van der Waals surface area contributed by atoms with Crippen molar-refractivity contribution in [3.8, 4) is 12.1 Å². The average molecular weight is 294 g/mol. The van der Waals surface area contributed by atoms with Crippen molar-refractivity contribution in [2.24, 2.45) is 0 Å². The molecule has 0 atom stereocenters. The van der Waals surface area contributed by atoms with Gasteiger partial charge in [-0.15, -0.1) is 0 Å². The molecule has 1 rings (SSSR count). The number of nitrogens with one attached hydrogen (secondary N) is 2. The summed E-state index contributed by atoms with van der Waals surface area (Å²) < 4.78 is 38.0. The van der Waals surface area contributed by atoms with E-state index in [0.717, 1.165) is 24.4 Å². The molecule has 5 nitrogen and oxygen atoms in total. The summed E-state index contributed by atoms with van der Waals surface area (Å²) in [6.45, 7) is 1.20. The maximum atomic E-state index is 12.7. The van der Waals surface area contributed by atoms with Crippen LogP contribution in [0.1, 0.15) is 12.5 Å². The van der Waals surface area contributed by atoms with E-state index in [-0.39, 0.29) is 16.9 Å². The molecule has 0 unspecified atom stereocenters. The van der Waals surface area contributed by atoms with Crippen LogP contribution < -0.4 is 10.6 Å². The lowest BCUT2D eigenvalue weighted by atomic mass is 10.1. The summed E-state index contributed by atoms with van der Waals surface area (Å²) in [6.07, 6.45) is -3.59. The predicted octanol–water partition coefficient (Wildman–Crippen LogP) is 3.01. The second-order valence-electron chi connectivity index (χ2n) is 3.87. The molecule has 8 heteroatoms. The number of halogens is 3. The Kier molecular flexibility index (Phi) is 4.92. The molecule has 0 aliphatic heterocycles. The van der Waals surface area contributed by atoms with E-state index in [4.69, 9.17) is 10.5 Å². The van der Waals surface area contributed by atoms with Crippen LogP contribution in [-0.4, -0.2) is 5.91 Å². The summed E-state index contributed by atoms with van der Waals surface area (Å²) in [7, 11) is 0. The number of carbonyl (C=O) groups is 1. The second kappa shape index (κ2) is 6.44. The Balaban J connectivity index is 3.24. The van der Waals surface area contributed by atoms with E-state index < -0.39 is 17.6 Å². The van der Waals surface area contributed by atoms with Crippen LogP contribution in [0.25, 0.3) is 0 Å². The van der Waals surface area contributed by atoms with Gasteiger partial charge in [0, 0.05) is 13.1 Å². The molecule has 2 N–H and O–H groups in total. The maximum absolute atomic E-state index is 12.7. The summed E-state index contributed by atoms with van der Waals surface area (Å²) in [5.41, 5.74) is -1.23. The summed E-state index contributed by atoms with van der Waals surface area (Å²) in [4.78, 5) is 11.0. The van der Waals surface area contributed by atoms with Gasteiger partial charge in [0.1, 0.15) is 17.7 Å². The molecule has 0 saturated heterocycles. The fourth-order valence-electron chi connectivity index (χ4n) is 1.38. The van der Waals surface area contributed by atoms with Crippen LogP contribution in [0.2, 0.25) is 0 Å². The molecule has 0 aliphatic rings. The lowest BCUT2D eigenvalue weighted by Crippen LogP contribution is -2.10. The lowest BCUT2D eigenvalue weighted by molar-refractivity contribution is -0.137. The van der Waals surface area contributed by atoms with Crippen molar-refractivity contribution in [1.82, 2.24) is 0 Å². The lowest BCUT2D eigenvalue weighted by Gasteiger charge is -2.13. The zero-order valence-electron chi connectivity index (χ0n) is 10.7. The number of allylic oxidation sites excluding steroid dienone is 1. The van der Waals surface area contributed by atoms with Crippen molar-refractivity contribution in [2.75, 3.05) is 10.6 Å². The number of amides is 1. The van der Waals surface area contributed by atoms with Crippen molar-refractivity contribution in [3.05, 3.63) is 35.5 Å². The Bertz CT molecular complexity index is 649. The molecule has 1 aromatic carbocycles. The van der Waals surface area contributed by atoms with Crippen molar-refractivity contribution in [2.45, 2.75) is 13.1 Å². The van der Waals surface area contributed by atoms with E-state index >= 15 is 0 Å². The molecule has 0 saturated carbocycles. The van der Waals surface area contributed by atoms with Gasteiger partial charge in [-0.25, -0.2) is 0 Å². The van der Waals surface area contributed by atoms with Gasteiger partial charge in [0.25, 0.3) is 0 Å². The number of rotatable bonds is 3. The van der Waals surface area contributed by atoms with E-state index in [2.05, 4.69) is 10.6 Å². The number of alkyl halides is 3. The van der Waals surface area contributed by atoms with Gasteiger partial charge in [-0.2, -0.15) is 23.7 Å². The Morgan fingerprint density at radius 2 is 1.86 bits per heavy atom. The summed E-state index contributed by atoms with van der Waals surface area (Å²) in [6, 6.07) is 5.78. The van der Waals surface area contributed by atoms with Gasteiger partial charge in [0.2, 0.25) is 5.91 Å². The van der Waals surface area contributed by atoms with Crippen molar-refractivity contribution in [1.29, 1.82) is 10.5 Å².